The van der Waals surface area contributed by atoms with Crippen molar-refractivity contribution in [1.82, 2.24) is 26.6 Å². The highest BCUT2D eigenvalue weighted by Crippen LogP contribution is 2.39. The highest BCUT2D eigenvalue weighted by Gasteiger charge is 2.51. The third kappa shape index (κ3) is 3.90. The van der Waals surface area contributed by atoms with Crippen molar-refractivity contribution in [3.05, 3.63) is 71.0 Å². The van der Waals surface area contributed by atoms with Crippen LogP contribution in [0.25, 0.3) is 0 Å². The molecule has 168 valence electrons. The lowest BCUT2D eigenvalue weighted by atomic mass is 9.75. The molecule has 4 N–H and O–H groups in total. The van der Waals surface area contributed by atoms with Crippen LogP contribution in [-0.4, -0.2) is 29.0 Å². The fourth-order valence-corrected chi connectivity index (χ4v) is 5.16. The summed E-state index contributed by atoms with van der Waals surface area (Å²) in [7, 11) is 0. The summed E-state index contributed by atoms with van der Waals surface area (Å²) in [5.74, 6) is -0.684. The van der Waals surface area contributed by atoms with Gasteiger partial charge in [-0.1, -0.05) is 48.0 Å². The minimum Gasteiger partial charge on any atom is -0.352 e. The number of halogens is 1. The molecule has 1 aliphatic carbocycles. The molecule has 2 amide bonds. The molecule has 2 aromatic carbocycles. The van der Waals surface area contributed by atoms with Gasteiger partial charge in [0.2, 0.25) is 11.8 Å². The Labute approximate surface area is 186 Å². The van der Waals surface area contributed by atoms with E-state index in [1.807, 2.05) is 36.2 Å². The SMILES string of the molecule is Cc1ccc(CNC(=O)C2CCC3C(=O)NC4C(c5ccccc5F)NNN4C3C2)cc1. The van der Waals surface area contributed by atoms with Gasteiger partial charge in [-0.2, -0.15) is 5.53 Å². The van der Waals surface area contributed by atoms with Crippen LogP contribution in [0.4, 0.5) is 4.39 Å². The fourth-order valence-electron chi connectivity index (χ4n) is 5.16. The Morgan fingerprint density at radius 1 is 1.16 bits per heavy atom. The van der Waals surface area contributed by atoms with Gasteiger partial charge in [0.1, 0.15) is 12.0 Å². The van der Waals surface area contributed by atoms with Crippen LogP contribution in [-0.2, 0) is 16.1 Å². The summed E-state index contributed by atoms with van der Waals surface area (Å²) in [5, 5.41) is 8.06. The molecule has 3 aliphatic rings. The summed E-state index contributed by atoms with van der Waals surface area (Å²) < 4.78 is 14.4. The van der Waals surface area contributed by atoms with Crippen molar-refractivity contribution >= 4 is 11.8 Å². The first-order valence-corrected chi connectivity index (χ1v) is 11.2. The molecule has 1 saturated carbocycles. The van der Waals surface area contributed by atoms with E-state index in [1.165, 1.54) is 11.6 Å². The molecule has 2 aromatic rings. The van der Waals surface area contributed by atoms with Crippen LogP contribution in [0.5, 0.6) is 0 Å². The van der Waals surface area contributed by atoms with Crippen LogP contribution in [0, 0.1) is 24.6 Å². The molecule has 2 heterocycles. The molecule has 8 heteroatoms. The van der Waals surface area contributed by atoms with Crippen molar-refractivity contribution in [2.75, 3.05) is 0 Å². The smallest absolute Gasteiger partial charge is 0.226 e. The van der Waals surface area contributed by atoms with Gasteiger partial charge in [-0.3, -0.25) is 9.59 Å². The van der Waals surface area contributed by atoms with E-state index in [1.54, 1.807) is 18.2 Å². The van der Waals surface area contributed by atoms with Crippen LogP contribution in [0.15, 0.2) is 48.5 Å². The summed E-state index contributed by atoms with van der Waals surface area (Å²) in [6.07, 6.45) is 1.48. The van der Waals surface area contributed by atoms with Gasteiger partial charge in [-0.15, -0.1) is 0 Å². The molecule has 2 aliphatic heterocycles. The van der Waals surface area contributed by atoms with Gasteiger partial charge in [-0.05, 0) is 37.8 Å². The van der Waals surface area contributed by atoms with Crippen molar-refractivity contribution in [1.29, 1.82) is 0 Å². The molecule has 3 fully saturated rings. The second-order valence-corrected chi connectivity index (χ2v) is 9.00. The molecule has 0 spiro atoms. The minimum absolute atomic E-state index is 0.0179. The highest BCUT2D eigenvalue weighted by atomic mass is 19.1. The molecule has 2 saturated heterocycles. The summed E-state index contributed by atoms with van der Waals surface area (Å²) in [6, 6.07) is 14.1. The lowest BCUT2D eigenvalue weighted by molar-refractivity contribution is -0.143. The van der Waals surface area contributed by atoms with Gasteiger partial charge in [0.15, 0.2) is 0 Å². The predicted octanol–water partition coefficient (Wildman–Crippen LogP) is 2.06. The van der Waals surface area contributed by atoms with Gasteiger partial charge >= 0.3 is 0 Å². The van der Waals surface area contributed by atoms with Gasteiger partial charge in [0.25, 0.3) is 0 Å². The number of benzene rings is 2. The Morgan fingerprint density at radius 3 is 2.72 bits per heavy atom. The average molecular weight is 438 g/mol. The molecule has 5 atom stereocenters. The normalized spacial score (nSPS) is 29.7. The van der Waals surface area contributed by atoms with Gasteiger partial charge < -0.3 is 10.6 Å². The Balaban J connectivity index is 1.27. The summed E-state index contributed by atoms with van der Waals surface area (Å²) in [6.45, 7) is 2.53. The molecular weight excluding hydrogens is 409 g/mol. The molecule has 7 nitrogen and oxygen atoms in total. The zero-order valence-electron chi connectivity index (χ0n) is 18.0. The Kier molecular flexibility index (Phi) is 5.67. The first-order valence-electron chi connectivity index (χ1n) is 11.2. The predicted molar refractivity (Wildman–Crippen MR) is 117 cm³/mol. The number of fused-ring (bicyclic) bond motifs is 3. The Morgan fingerprint density at radius 2 is 1.94 bits per heavy atom. The summed E-state index contributed by atoms with van der Waals surface area (Å²) >= 11 is 0. The van der Waals surface area contributed by atoms with E-state index < -0.39 is 12.2 Å². The number of carbonyl (C=O) groups is 2. The number of hydrogen-bond acceptors (Lipinski definition) is 5. The quantitative estimate of drug-likeness (QED) is 0.589. The number of nitrogens with one attached hydrogen (secondary N) is 4. The van der Waals surface area contributed by atoms with Crippen molar-refractivity contribution < 1.29 is 14.0 Å². The molecule has 0 radical (unpaired) electrons. The number of aryl methyl sites for hydroxylation is 1. The van der Waals surface area contributed by atoms with E-state index in [0.29, 0.717) is 31.4 Å². The number of rotatable bonds is 4. The highest BCUT2D eigenvalue weighted by molar-refractivity contribution is 5.83. The maximum atomic E-state index is 14.4. The topological polar surface area (TPSA) is 85.5 Å². The number of amides is 2. The van der Waals surface area contributed by atoms with Gasteiger partial charge in [-0.25, -0.2) is 14.8 Å². The third-order valence-electron chi connectivity index (χ3n) is 6.96. The van der Waals surface area contributed by atoms with E-state index in [0.717, 1.165) is 5.56 Å². The van der Waals surface area contributed by atoms with Crippen molar-refractivity contribution in [2.45, 2.75) is 51.0 Å². The number of carbonyl (C=O) groups excluding carboxylic acids is 2. The molecule has 0 bridgehead atoms. The number of hydrazine groups is 2. The van der Waals surface area contributed by atoms with E-state index in [-0.39, 0.29) is 35.5 Å². The first kappa shape index (κ1) is 21.1. The fraction of sp³-hybridized carbons (Fsp3) is 0.417. The molecule has 5 rings (SSSR count). The van der Waals surface area contributed by atoms with Crippen LogP contribution in [0.1, 0.15) is 42.0 Å². The van der Waals surface area contributed by atoms with E-state index in [4.69, 9.17) is 0 Å². The molecule has 32 heavy (non-hydrogen) atoms. The van der Waals surface area contributed by atoms with E-state index >= 15 is 0 Å². The monoisotopic (exact) mass is 437 g/mol. The van der Waals surface area contributed by atoms with E-state index in [9.17, 15) is 14.0 Å². The first-order chi connectivity index (χ1) is 15.5. The molecule has 5 unspecified atom stereocenters. The van der Waals surface area contributed by atoms with Crippen molar-refractivity contribution in [3.63, 3.8) is 0 Å². The zero-order valence-corrected chi connectivity index (χ0v) is 18.0. The molecular formula is C24H28FN5O2. The average Bonchev–Trinajstić information content (AvgIpc) is 3.22. The summed E-state index contributed by atoms with van der Waals surface area (Å²) in [5.41, 5.74) is 9.01. The van der Waals surface area contributed by atoms with Crippen LogP contribution >= 0.6 is 0 Å². The summed E-state index contributed by atoms with van der Waals surface area (Å²) in [4.78, 5) is 25.8. The lowest BCUT2D eigenvalue weighted by Crippen LogP contribution is -2.65. The zero-order chi connectivity index (χ0) is 22.2. The standard InChI is InChI=1S/C24H28FN5O2/c1-14-6-8-15(9-7-14)13-26-23(31)16-10-11-18-20(12-16)30-22(27-24(18)32)21(28-29-30)17-4-2-3-5-19(17)25/h2-9,16,18,20-22,28-29H,10-13H2,1H3,(H,26,31)(H,27,32). The van der Waals surface area contributed by atoms with E-state index in [2.05, 4.69) is 21.6 Å². The second-order valence-electron chi connectivity index (χ2n) is 9.00. The third-order valence-corrected chi connectivity index (χ3v) is 6.96. The van der Waals surface area contributed by atoms with Gasteiger partial charge in [0, 0.05) is 24.1 Å². The number of hydrogen-bond donors (Lipinski definition) is 4. The lowest BCUT2D eigenvalue weighted by Gasteiger charge is -2.46. The largest absolute Gasteiger partial charge is 0.352 e. The van der Waals surface area contributed by atoms with Crippen LogP contribution in [0.2, 0.25) is 0 Å². The minimum atomic E-state index is -0.421. The van der Waals surface area contributed by atoms with Crippen LogP contribution in [0.3, 0.4) is 0 Å². The number of nitrogens with zero attached hydrogens (tertiary/aromatic N) is 1. The Bertz CT molecular complexity index is 1010. The van der Waals surface area contributed by atoms with Crippen molar-refractivity contribution in [3.8, 4) is 0 Å². The maximum Gasteiger partial charge on any atom is 0.226 e. The maximum absolute atomic E-state index is 14.4. The van der Waals surface area contributed by atoms with Crippen molar-refractivity contribution in [2.24, 2.45) is 11.8 Å². The second kappa shape index (κ2) is 8.61. The van der Waals surface area contributed by atoms with Crippen LogP contribution < -0.4 is 21.6 Å². The Hall–Kier alpha value is -2.81. The molecule has 0 aromatic heterocycles. The van der Waals surface area contributed by atoms with Gasteiger partial charge in [0.05, 0.1) is 12.0 Å².